The van der Waals surface area contributed by atoms with Crippen LogP contribution in [-0.2, 0) is 0 Å². The summed E-state index contributed by atoms with van der Waals surface area (Å²) in [5, 5.41) is 31.6. The molecule has 8 nitrogen and oxygen atoms in total. The van der Waals surface area contributed by atoms with Crippen molar-refractivity contribution in [1.82, 2.24) is 0 Å². The molecule has 102 valence electrons. The molecule has 0 saturated carbocycles. The summed E-state index contributed by atoms with van der Waals surface area (Å²) in [6.07, 6.45) is 2.75. The number of rotatable bonds is 5. The molecule has 0 aliphatic rings. The van der Waals surface area contributed by atoms with Crippen molar-refractivity contribution < 1.29 is 9.85 Å². The van der Waals surface area contributed by atoms with E-state index >= 15 is 0 Å². The molecule has 0 aliphatic carbocycles. The molecule has 0 N–H and O–H groups in total. The number of nitrogens with zero attached hydrogens (tertiary/aromatic N) is 4. The lowest BCUT2D eigenvalue weighted by Crippen LogP contribution is -1.82. The van der Waals surface area contributed by atoms with Gasteiger partial charge in [-0.2, -0.15) is 10.2 Å². The van der Waals surface area contributed by atoms with E-state index in [2.05, 4.69) is 10.2 Å². The molecule has 2 aromatic heterocycles. The van der Waals surface area contributed by atoms with Crippen LogP contribution in [0.1, 0.15) is 11.1 Å². The zero-order valence-corrected chi connectivity index (χ0v) is 11.3. The van der Waals surface area contributed by atoms with Crippen molar-refractivity contribution in [1.29, 1.82) is 0 Å². The van der Waals surface area contributed by atoms with Crippen LogP contribution in [0.15, 0.2) is 33.1 Å². The van der Waals surface area contributed by atoms with Crippen LogP contribution >= 0.6 is 22.7 Å². The van der Waals surface area contributed by atoms with Crippen LogP contribution < -0.4 is 0 Å². The topological polar surface area (TPSA) is 111 Å². The van der Waals surface area contributed by atoms with Gasteiger partial charge in [-0.15, -0.1) is 0 Å². The average molecular weight is 310 g/mol. The van der Waals surface area contributed by atoms with E-state index in [-0.39, 0.29) is 10.0 Å². The van der Waals surface area contributed by atoms with Crippen molar-refractivity contribution in [2.45, 2.75) is 0 Å². The fourth-order valence-electron chi connectivity index (χ4n) is 1.20. The highest BCUT2D eigenvalue weighted by molar-refractivity contribution is 7.13. The Bertz CT molecular complexity index is 643. The third-order valence-electron chi connectivity index (χ3n) is 2.05. The highest BCUT2D eigenvalue weighted by Gasteiger charge is 2.08. The van der Waals surface area contributed by atoms with Gasteiger partial charge in [-0.05, 0) is 0 Å². The molecule has 0 atom stereocenters. The third kappa shape index (κ3) is 3.52. The van der Waals surface area contributed by atoms with Crippen molar-refractivity contribution in [2.75, 3.05) is 0 Å². The maximum Gasteiger partial charge on any atom is 0.324 e. The lowest BCUT2D eigenvalue weighted by molar-refractivity contribution is -0.380. The SMILES string of the molecule is O=[N+]([O-])c1cc(/C=N/N=C/c2csc([N+](=O)[O-])c2)cs1. The van der Waals surface area contributed by atoms with E-state index in [1.807, 2.05) is 0 Å². The highest BCUT2D eigenvalue weighted by atomic mass is 32.1. The Morgan fingerprint density at radius 2 is 1.30 bits per heavy atom. The largest absolute Gasteiger partial charge is 0.324 e. The monoisotopic (exact) mass is 310 g/mol. The minimum Gasteiger partial charge on any atom is -0.258 e. The van der Waals surface area contributed by atoms with E-state index in [4.69, 9.17) is 0 Å². The predicted molar refractivity (Wildman–Crippen MR) is 77.1 cm³/mol. The molecule has 10 heteroatoms. The summed E-state index contributed by atoms with van der Waals surface area (Å²) in [7, 11) is 0. The zero-order chi connectivity index (χ0) is 14.5. The number of hydrogen-bond donors (Lipinski definition) is 0. The molecule has 0 spiro atoms. The van der Waals surface area contributed by atoms with Gasteiger partial charge in [-0.1, -0.05) is 22.7 Å². The maximum absolute atomic E-state index is 10.5. The first-order valence-electron chi connectivity index (χ1n) is 5.08. The Labute approximate surface area is 120 Å². The van der Waals surface area contributed by atoms with E-state index in [1.165, 1.54) is 24.6 Å². The van der Waals surface area contributed by atoms with Crippen LogP contribution in [0.25, 0.3) is 0 Å². The molecule has 0 unspecified atom stereocenters. The second-order valence-electron chi connectivity index (χ2n) is 3.44. The first kappa shape index (κ1) is 14.0. The summed E-state index contributed by atoms with van der Waals surface area (Å²) in [4.78, 5) is 20.0. The third-order valence-corrected chi connectivity index (χ3v) is 3.85. The van der Waals surface area contributed by atoms with Crippen molar-refractivity contribution in [3.8, 4) is 0 Å². The molecule has 0 aromatic carbocycles. The quantitative estimate of drug-likeness (QED) is 0.480. The fraction of sp³-hybridized carbons (Fsp3) is 0. The summed E-state index contributed by atoms with van der Waals surface area (Å²) in [5.74, 6) is 0. The molecular weight excluding hydrogens is 304 g/mol. The number of hydrogen-bond acceptors (Lipinski definition) is 8. The Morgan fingerprint density at radius 1 is 0.900 bits per heavy atom. The van der Waals surface area contributed by atoms with Gasteiger partial charge < -0.3 is 0 Å². The van der Waals surface area contributed by atoms with Gasteiger partial charge in [0.2, 0.25) is 0 Å². The van der Waals surface area contributed by atoms with Crippen LogP contribution in [0.4, 0.5) is 10.0 Å². The predicted octanol–water partition coefficient (Wildman–Crippen LogP) is 3.08. The molecule has 0 saturated heterocycles. The van der Waals surface area contributed by atoms with Gasteiger partial charge in [0, 0.05) is 34.0 Å². The summed E-state index contributed by atoms with van der Waals surface area (Å²) in [6, 6.07) is 2.78. The Hall–Kier alpha value is -2.46. The second kappa shape index (κ2) is 6.12. The molecule has 0 amide bonds. The van der Waals surface area contributed by atoms with E-state index in [9.17, 15) is 20.2 Å². The van der Waals surface area contributed by atoms with Crippen molar-refractivity contribution >= 4 is 45.1 Å². The molecule has 0 aliphatic heterocycles. The van der Waals surface area contributed by atoms with Gasteiger partial charge in [0.15, 0.2) is 0 Å². The molecule has 20 heavy (non-hydrogen) atoms. The molecular formula is C10H6N4O4S2. The second-order valence-corrected chi connectivity index (χ2v) is 5.22. The summed E-state index contributed by atoms with van der Waals surface area (Å²) in [5.41, 5.74) is 1.16. The van der Waals surface area contributed by atoms with Gasteiger partial charge in [0.1, 0.15) is 0 Å². The molecule has 2 rings (SSSR count). The highest BCUT2D eigenvalue weighted by Crippen LogP contribution is 2.22. The summed E-state index contributed by atoms with van der Waals surface area (Å²) in [6.45, 7) is 0. The van der Waals surface area contributed by atoms with E-state index in [0.717, 1.165) is 22.7 Å². The van der Waals surface area contributed by atoms with Crippen molar-refractivity contribution in [3.05, 3.63) is 54.2 Å². The lowest BCUT2D eigenvalue weighted by atomic mass is 10.4. The minimum atomic E-state index is -0.476. The van der Waals surface area contributed by atoms with Gasteiger partial charge in [-0.25, -0.2) is 0 Å². The van der Waals surface area contributed by atoms with E-state index in [1.54, 1.807) is 10.8 Å². The fourth-order valence-corrected chi connectivity index (χ4v) is 2.56. The standard InChI is InChI=1S/C10H6N4O4S2/c15-13(16)9-1-7(5-19-9)3-11-12-4-8-2-10(14(17)18)20-6-8/h1-6H/b11-3+,12-4+. The average Bonchev–Trinajstić information content (AvgIpc) is 3.04. The van der Waals surface area contributed by atoms with Crippen LogP contribution in [0.2, 0.25) is 0 Å². The van der Waals surface area contributed by atoms with Gasteiger partial charge in [-0.3, -0.25) is 20.2 Å². The van der Waals surface area contributed by atoms with Gasteiger partial charge >= 0.3 is 10.0 Å². The smallest absolute Gasteiger partial charge is 0.258 e. The molecule has 0 bridgehead atoms. The first-order valence-corrected chi connectivity index (χ1v) is 6.84. The number of nitro groups is 2. The summed E-state index contributed by atoms with van der Waals surface area (Å²) >= 11 is 2.01. The Kier molecular flexibility index (Phi) is 4.27. The van der Waals surface area contributed by atoms with Crippen molar-refractivity contribution in [3.63, 3.8) is 0 Å². The van der Waals surface area contributed by atoms with Crippen LogP contribution in [0.5, 0.6) is 0 Å². The normalized spacial score (nSPS) is 11.4. The first-order chi connectivity index (χ1) is 9.56. The molecule has 0 fully saturated rings. The number of thiophene rings is 2. The Balaban J connectivity index is 1.99. The maximum atomic E-state index is 10.5. The van der Waals surface area contributed by atoms with Crippen LogP contribution in [-0.4, -0.2) is 22.3 Å². The van der Waals surface area contributed by atoms with Gasteiger partial charge in [0.05, 0.1) is 22.3 Å². The summed E-state index contributed by atoms with van der Waals surface area (Å²) < 4.78 is 0. The van der Waals surface area contributed by atoms with Crippen molar-refractivity contribution in [2.24, 2.45) is 10.2 Å². The minimum absolute atomic E-state index is 0.0314. The van der Waals surface area contributed by atoms with E-state index < -0.39 is 9.85 Å². The zero-order valence-electron chi connectivity index (χ0n) is 9.70. The van der Waals surface area contributed by atoms with Crippen LogP contribution in [0.3, 0.4) is 0 Å². The molecule has 2 aromatic rings. The van der Waals surface area contributed by atoms with E-state index in [0.29, 0.717) is 11.1 Å². The Morgan fingerprint density at radius 3 is 1.60 bits per heavy atom. The molecule has 0 radical (unpaired) electrons. The van der Waals surface area contributed by atoms with Crippen LogP contribution in [0, 0.1) is 20.2 Å². The molecule has 2 heterocycles. The lowest BCUT2D eigenvalue weighted by Gasteiger charge is -1.81. The van der Waals surface area contributed by atoms with Gasteiger partial charge in [0.25, 0.3) is 0 Å².